The van der Waals surface area contributed by atoms with Crippen molar-refractivity contribution >= 4 is 39.9 Å². The van der Waals surface area contributed by atoms with Gasteiger partial charge in [0.05, 0.1) is 17.2 Å². The van der Waals surface area contributed by atoms with E-state index in [1.807, 2.05) is 18.2 Å². The second-order valence-electron chi connectivity index (χ2n) is 9.83. The molecule has 194 valence electrons. The number of fused-ring (bicyclic) bond motifs is 1. The Bertz CT molecular complexity index is 1290. The summed E-state index contributed by atoms with van der Waals surface area (Å²) in [6, 6.07) is 14.0. The zero-order valence-electron chi connectivity index (χ0n) is 20.3. The SMILES string of the molecule is O=NC(C(=O)NC(CN1CCCC1)C(O)c1ccc(OC2CC2)c(Cl)c1)c1ccc2cc(Cl)ccc2c1. The Hall–Kier alpha value is -2.71. The molecular weight excluding hydrogens is 513 g/mol. The van der Waals surface area contributed by atoms with Crippen molar-refractivity contribution in [1.29, 1.82) is 0 Å². The van der Waals surface area contributed by atoms with Gasteiger partial charge in [0, 0.05) is 11.6 Å². The first kappa shape index (κ1) is 25.9. The largest absolute Gasteiger partial charge is 0.489 e. The Morgan fingerprint density at radius 2 is 1.73 bits per heavy atom. The summed E-state index contributed by atoms with van der Waals surface area (Å²) in [6.07, 6.45) is 3.33. The first-order chi connectivity index (χ1) is 17.9. The average molecular weight is 542 g/mol. The van der Waals surface area contributed by atoms with Gasteiger partial charge in [-0.15, -0.1) is 4.91 Å². The maximum Gasteiger partial charge on any atom is 0.253 e. The number of aliphatic hydroxyl groups excluding tert-OH is 1. The van der Waals surface area contributed by atoms with E-state index in [2.05, 4.69) is 15.4 Å². The first-order valence-corrected chi connectivity index (χ1v) is 13.4. The van der Waals surface area contributed by atoms with E-state index in [1.165, 1.54) is 0 Å². The lowest BCUT2D eigenvalue weighted by Gasteiger charge is -2.29. The molecule has 1 heterocycles. The van der Waals surface area contributed by atoms with E-state index in [0.29, 0.717) is 33.5 Å². The Kier molecular flexibility index (Phi) is 7.95. The number of amides is 1. The molecule has 37 heavy (non-hydrogen) atoms. The fourth-order valence-electron chi connectivity index (χ4n) is 4.79. The van der Waals surface area contributed by atoms with Crippen LogP contribution in [0, 0.1) is 4.91 Å². The van der Waals surface area contributed by atoms with Gasteiger partial charge in [0.2, 0.25) is 0 Å². The van der Waals surface area contributed by atoms with E-state index < -0.39 is 24.1 Å². The summed E-state index contributed by atoms with van der Waals surface area (Å²) in [5.41, 5.74) is 1.04. The lowest BCUT2D eigenvalue weighted by Crippen LogP contribution is -2.48. The molecule has 3 aromatic rings. The van der Waals surface area contributed by atoms with Crippen LogP contribution in [0.2, 0.25) is 10.0 Å². The molecule has 1 saturated carbocycles. The highest BCUT2D eigenvalue weighted by molar-refractivity contribution is 6.32. The topological polar surface area (TPSA) is 91.2 Å². The summed E-state index contributed by atoms with van der Waals surface area (Å²) in [5.74, 6) is 0.0226. The van der Waals surface area contributed by atoms with Crippen LogP contribution in [0.15, 0.2) is 59.8 Å². The van der Waals surface area contributed by atoms with Crippen LogP contribution in [-0.2, 0) is 4.79 Å². The Balaban J connectivity index is 1.36. The molecule has 0 bridgehead atoms. The minimum Gasteiger partial charge on any atom is -0.489 e. The minimum absolute atomic E-state index is 0.204. The van der Waals surface area contributed by atoms with Crippen molar-refractivity contribution in [3.63, 3.8) is 0 Å². The van der Waals surface area contributed by atoms with Crippen molar-refractivity contribution in [2.75, 3.05) is 19.6 Å². The predicted molar refractivity (Wildman–Crippen MR) is 145 cm³/mol. The van der Waals surface area contributed by atoms with Gasteiger partial charge in [-0.2, -0.15) is 0 Å². The summed E-state index contributed by atoms with van der Waals surface area (Å²) in [6.45, 7) is 2.21. The number of aliphatic hydroxyl groups is 1. The van der Waals surface area contributed by atoms with Crippen LogP contribution < -0.4 is 10.1 Å². The summed E-state index contributed by atoms with van der Waals surface area (Å²) in [4.78, 5) is 27.4. The van der Waals surface area contributed by atoms with Crippen molar-refractivity contribution in [3.05, 3.63) is 80.7 Å². The molecule has 5 rings (SSSR count). The smallest absolute Gasteiger partial charge is 0.253 e. The normalized spacial score (nSPS) is 18.4. The number of nitrogens with zero attached hydrogens (tertiary/aromatic N) is 2. The molecule has 9 heteroatoms. The number of rotatable bonds is 10. The highest BCUT2D eigenvalue weighted by Gasteiger charge is 2.31. The first-order valence-electron chi connectivity index (χ1n) is 12.6. The Morgan fingerprint density at radius 3 is 2.43 bits per heavy atom. The van der Waals surface area contributed by atoms with E-state index >= 15 is 0 Å². The second-order valence-corrected chi connectivity index (χ2v) is 10.7. The van der Waals surface area contributed by atoms with Crippen molar-refractivity contribution in [3.8, 4) is 5.75 Å². The molecule has 1 aliphatic heterocycles. The van der Waals surface area contributed by atoms with Crippen LogP contribution in [0.5, 0.6) is 5.75 Å². The van der Waals surface area contributed by atoms with Gasteiger partial charge >= 0.3 is 0 Å². The third-order valence-electron chi connectivity index (χ3n) is 6.97. The number of halogens is 2. The quantitative estimate of drug-likeness (QED) is 0.316. The maximum atomic E-state index is 13.3. The molecule has 3 atom stereocenters. The molecule has 1 amide bonds. The summed E-state index contributed by atoms with van der Waals surface area (Å²) < 4.78 is 5.81. The highest BCUT2D eigenvalue weighted by Crippen LogP contribution is 2.34. The Morgan fingerprint density at radius 1 is 1.03 bits per heavy atom. The van der Waals surface area contributed by atoms with E-state index in [1.54, 1.807) is 36.4 Å². The molecule has 7 nitrogen and oxygen atoms in total. The van der Waals surface area contributed by atoms with E-state index in [-0.39, 0.29) is 6.10 Å². The number of nitroso groups, excluding NO2 is 1. The van der Waals surface area contributed by atoms with E-state index in [9.17, 15) is 14.8 Å². The van der Waals surface area contributed by atoms with Gasteiger partial charge in [0.25, 0.3) is 5.91 Å². The second kappa shape index (κ2) is 11.4. The number of hydrogen-bond acceptors (Lipinski definition) is 6. The number of carbonyl (C=O) groups is 1. The predicted octanol–water partition coefficient (Wildman–Crippen LogP) is 5.81. The van der Waals surface area contributed by atoms with Gasteiger partial charge < -0.3 is 20.1 Å². The van der Waals surface area contributed by atoms with Crippen molar-refractivity contribution in [2.45, 2.75) is 50.0 Å². The van der Waals surface area contributed by atoms with Crippen LogP contribution in [0.3, 0.4) is 0 Å². The lowest BCUT2D eigenvalue weighted by molar-refractivity contribution is -0.124. The monoisotopic (exact) mass is 541 g/mol. The number of nitrogens with one attached hydrogen (secondary N) is 1. The van der Waals surface area contributed by atoms with Gasteiger partial charge in [-0.25, -0.2) is 0 Å². The molecule has 2 aliphatic rings. The molecule has 2 fully saturated rings. The highest BCUT2D eigenvalue weighted by atomic mass is 35.5. The molecule has 1 aliphatic carbocycles. The van der Waals surface area contributed by atoms with Crippen LogP contribution in [-0.4, -0.2) is 47.7 Å². The minimum atomic E-state index is -1.26. The lowest BCUT2D eigenvalue weighted by atomic mass is 9.99. The molecular formula is C28H29Cl2N3O4. The van der Waals surface area contributed by atoms with Gasteiger partial charge in [-0.3, -0.25) is 4.79 Å². The van der Waals surface area contributed by atoms with Gasteiger partial charge in [-0.05, 0) is 91.0 Å². The standard InChI is InChI=1S/C28H29Cl2N3O4/c29-21-7-5-17-13-19(4-3-18(17)14-21)26(32-36)28(35)31-24(16-33-11-1-2-12-33)27(34)20-6-10-25(23(30)15-20)37-22-8-9-22/h3-7,10,13-15,22,24,26-27,34H,1-2,8-9,11-12,16H2,(H,31,35). The number of likely N-dealkylation sites (tertiary alicyclic amines) is 1. The molecule has 0 spiro atoms. The van der Waals surface area contributed by atoms with Crippen molar-refractivity contribution in [2.24, 2.45) is 5.18 Å². The van der Waals surface area contributed by atoms with Crippen LogP contribution in [0.25, 0.3) is 10.8 Å². The number of ether oxygens (including phenoxy) is 1. The zero-order chi connectivity index (χ0) is 25.9. The third-order valence-corrected chi connectivity index (χ3v) is 7.50. The molecule has 3 aromatic carbocycles. The number of benzene rings is 3. The van der Waals surface area contributed by atoms with Crippen LogP contribution in [0.4, 0.5) is 0 Å². The zero-order valence-corrected chi connectivity index (χ0v) is 21.8. The summed E-state index contributed by atoms with van der Waals surface area (Å²) in [7, 11) is 0. The number of hydrogen-bond donors (Lipinski definition) is 2. The van der Waals surface area contributed by atoms with Crippen molar-refractivity contribution in [1.82, 2.24) is 10.2 Å². The third kappa shape index (κ3) is 6.24. The molecule has 2 N–H and O–H groups in total. The number of carbonyl (C=O) groups excluding carboxylic acids is 1. The summed E-state index contributed by atoms with van der Waals surface area (Å²) in [5, 5.41) is 20.1. The van der Waals surface area contributed by atoms with Gasteiger partial charge in [-0.1, -0.05) is 52.6 Å². The van der Waals surface area contributed by atoms with E-state index in [4.69, 9.17) is 27.9 Å². The van der Waals surface area contributed by atoms with Gasteiger partial charge in [0.1, 0.15) is 11.9 Å². The van der Waals surface area contributed by atoms with Gasteiger partial charge in [0.15, 0.2) is 6.04 Å². The van der Waals surface area contributed by atoms with Crippen molar-refractivity contribution < 1.29 is 14.6 Å². The maximum absolute atomic E-state index is 13.3. The fourth-order valence-corrected chi connectivity index (χ4v) is 5.20. The summed E-state index contributed by atoms with van der Waals surface area (Å²) >= 11 is 12.5. The fraction of sp³-hybridized carbons (Fsp3) is 0.393. The van der Waals surface area contributed by atoms with Crippen LogP contribution >= 0.6 is 23.2 Å². The van der Waals surface area contributed by atoms with Crippen LogP contribution in [0.1, 0.15) is 49.0 Å². The molecule has 3 unspecified atom stereocenters. The molecule has 0 aromatic heterocycles. The average Bonchev–Trinajstić information content (AvgIpc) is 3.56. The van der Waals surface area contributed by atoms with E-state index in [0.717, 1.165) is 49.5 Å². The molecule has 0 radical (unpaired) electrons. The molecule has 1 saturated heterocycles. The Labute approximate surface area is 225 Å².